The van der Waals surface area contributed by atoms with Gasteiger partial charge in [-0.25, -0.2) is 9.67 Å². The predicted octanol–water partition coefficient (Wildman–Crippen LogP) is 4.59. The van der Waals surface area contributed by atoms with Gasteiger partial charge in [-0.05, 0) is 31.4 Å². The highest BCUT2D eigenvalue weighted by molar-refractivity contribution is 7.98. The molecular weight excluding hydrogens is 368 g/mol. The molecule has 1 N–H and O–H groups in total. The average molecular weight is 393 g/mol. The second-order valence-electron chi connectivity index (χ2n) is 7.31. The van der Waals surface area contributed by atoms with Crippen molar-refractivity contribution < 1.29 is 0 Å². The van der Waals surface area contributed by atoms with Crippen molar-refractivity contribution in [1.82, 2.24) is 25.0 Å². The first-order valence-corrected chi connectivity index (χ1v) is 10.8. The van der Waals surface area contributed by atoms with E-state index in [1.807, 2.05) is 41.9 Å². The van der Waals surface area contributed by atoms with E-state index in [2.05, 4.69) is 26.3 Å². The smallest absolute Gasteiger partial charge is 0.208 e. The number of nitrogens with one attached hydrogen (secondary N) is 1. The summed E-state index contributed by atoms with van der Waals surface area (Å²) in [6.07, 6.45) is 7.61. The van der Waals surface area contributed by atoms with Gasteiger partial charge in [0, 0.05) is 12.2 Å². The molecule has 0 aliphatic heterocycles. The number of aryl methyl sites for hydroxylation is 2. The first-order valence-electron chi connectivity index (χ1n) is 9.82. The van der Waals surface area contributed by atoms with Crippen LogP contribution in [0.5, 0.6) is 0 Å². The lowest BCUT2D eigenvalue weighted by molar-refractivity contribution is 0.497. The average Bonchev–Trinajstić information content (AvgIpc) is 3.45. The summed E-state index contributed by atoms with van der Waals surface area (Å²) in [5.41, 5.74) is 3.21. The van der Waals surface area contributed by atoms with Crippen LogP contribution >= 0.6 is 11.8 Å². The third-order valence-corrected chi connectivity index (χ3v) is 6.24. The fourth-order valence-corrected chi connectivity index (χ4v) is 4.68. The fraction of sp³-hybridized carbons (Fsp3) is 0.429. The van der Waals surface area contributed by atoms with Gasteiger partial charge in [-0.2, -0.15) is 10.4 Å². The maximum atomic E-state index is 9.58. The molecule has 1 aromatic carbocycles. The Kier molecular flexibility index (Phi) is 5.77. The van der Waals surface area contributed by atoms with Gasteiger partial charge in [-0.3, -0.25) is 5.10 Å². The van der Waals surface area contributed by atoms with Crippen LogP contribution < -0.4 is 0 Å². The van der Waals surface area contributed by atoms with Crippen LogP contribution in [0, 0.1) is 24.2 Å². The highest BCUT2D eigenvalue weighted by atomic mass is 32.2. The van der Waals surface area contributed by atoms with E-state index in [-0.39, 0.29) is 0 Å². The van der Waals surface area contributed by atoms with Crippen LogP contribution in [0.25, 0.3) is 5.69 Å². The lowest BCUT2D eigenvalue weighted by Gasteiger charge is -2.06. The highest BCUT2D eigenvalue weighted by Gasteiger charge is 2.18. The van der Waals surface area contributed by atoms with Crippen molar-refractivity contribution in [3.8, 4) is 11.8 Å². The van der Waals surface area contributed by atoms with Crippen LogP contribution in [0.15, 0.2) is 35.5 Å². The summed E-state index contributed by atoms with van der Waals surface area (Å²) in [6, 6.07) is 12.2. The molecule has 1 aliphatic rings. The van der Waals surface area contributed by atoms with E-state index in [1.165, 1.54) is 43.9 Å². The van der Waals surface area contributed by atoms with Crippen molar-refractivity contribution in [1.29, 1.82) is 5.26 Å². The van der Waals surface area contributed by atoms with Crippen molar-refractivity contribution in [2.75, 3.05) is 0 Å². The first-order chi connectivity index (χ1) is 13.7. The molecule has 4 rings (SSSR count). The monoisotopic (exact) mass is 392 g/mol. The summed E-state index contributed by atoms with van der Waals surface area (Å²) >= 11 is 1.54. The number of thioether (sulfide) groups is 1. The fourth-order valence-electron chi connectivity index (χ4n) is 3.86. The maximum absolute atomic E-state index is 9.58. The van der Waals surface area contributed by atoms with Crippen LogP contribution in [-0.2, 0) is 12.2 Å². The molecule has 0 spiro atoms. The molecule has 0 unspecified atom stereocenters. The van der Waals surface area contributed by atoms with E-state index in [0.717, 1.165) is 40.4 Å². The van der Waals surface area contributed by atoms with Crippen molar-refractivity contribution in [2.24, 2.45) is 5.92 Å². The summed E-state index contributed by atoms with van der Waals surface area (Å²) in [7, 11) is 0. The third-order valence-electron chi connectivity index (χ3n) is 5.38. The predicted molar refractivity (Wildman–Crippen MR) is 109 cm³/mol. The number of rotatable bonds is 7. The van der Waals surface area contributed by atoms with Gasteiger partial charge in [0.2, 0.25) is 5.16 Å². The molecule has 144 valence electrons. The Bertz CT molecular complexity index is 963. The Labute approximate surface area is 169 Å². The quantitative estimate of drug-likeness (QED) is 0.595. The number of aromatic nitrogens is 5. The van der Waals surface area contributed by atoms with E-state index in [9.17, 15) is 5.26 Å². The van der Waals surface area contributed by atoms with E-state index in [4.69, 9.17) is 0 Å². The van der Waals surface area contributed by atoms with Gasteiger partial charge in [0.15, 0.2) is 0 Å². The molecule has 28 heavy (non-hydrogen) atoms. The normalized spacial score (nSPS) is 14.4. The maximum Gasteiger partial charge on any atom is 0.208 e. The Morgan fingerprint density at radius 3 is 2.79 bits per heavy atom. The number of benzene rings is 1. The zero-order valence-corrected chi connectivity index (χ0v) is 16.9. The molecule has 0 atom stereocenters. The Hall–Kier alpha value is -2.59. The molecule has 0 radical (unpaired) electrons. The molecule has 1 fully saturated rings. The SMILES string of the molecule is Cc1nn(-c2ccccc2)c(CSc2n[nH]c(CCC3CCCC3)n2)c1C#N. The number of nitriles is 1. The summed E-state index contributed by atoms with van der Waals surface area (Å²) < 4.78 is 1.86. The van der Waals surface area contributed by atoms with Gasteiger partial charge in [-0.15, -0.1) is 5.10 Å². The van der Waals surface area contributed by atoms with Crippen LogP contribution in [-0.4, -0.2) is 25.0 Å². The van der Waals surface area contributed by atoms with Crippen molar-refractivity contribution in [3.63, 3.8) is 0 Å². The lowest BCUT2D eigenvalue weighted by atomic mass is 10.0. The minimum atomic E-state index is 0.596. The van der Waals surface area contributed by atoms with Crippen LogP contribution in [0.2, 0.25) is 0 Å². The molecule has 0 saturated heterocycles. The third kappa shape index (κ3) is 4.12. The Morgan fingerprint density at radius 2 is 2.04 bits per heavy atom. The van der Waals surface area contributed by atoms with E-state index in [0.29, 0.717) is 11.3 Å². The number of aromatic amines is 1. The van der Waals surface area contributed by atoms with Gasteiger partial charge < -0.3 is 0 Å². The number of nitrogens with zero attached hydrogens (tertiary/aromatic N) is 5. The second kappa shape index (κ2) is 8.61. The van der Waals surface area contributed by atoms with E-state index < -0.39 is 0 Å². The molecule has 1 saturated carbocycles. The van der Waals surface area contributed by atoms with Crippen molar-refractivity contribution in [2.45, 2.75) is 56.4 Å². The largest absolute Gasteiger partial charge is 0.262 e. The summed E-state index contributed by atoms with van der Waals surface area (Å²) in [5.74, 6) is 2.41. The summed E-state index contributed by atoms with van der Waals surface area (Å²) in [5, 5.41) is 22.3. The molecule has 0 bridgehead atoms. The molecule has 7 heteroatoms. The highest BCUT2D eigenvalue weighted by Crippen LogP contribution is 2.29. The van der Waals surface area contributed by atoms with Crippen molar-refractivity contribution in [3.05, 3.63) is 53.1 Å². The Balaban J connectivity index is 1.45. The standard InChI is InChI=1S/C21H24N6S/c1-15-18(13-22)19(27(26-15)17-9-3-2-4-10-17)14-28-21-23-20(24-25-21)12-11-16-7-5-6-8-16/h2-4,9-10,16H,5-8,11-12,14H2,1H3,(H,23,24,25). The van der Waals surface area contributed by atoms with Crippen LogP contribution in [0.4, 0.5) is 0 Å². The van der Waals surface area contributed by atoms with Gasteiger partial charge in [0.1, 0.15) is 11.9 Å². The Morgan fingerprint density at radius 1 is 1.25 bits per heavy atom. The molecule has 1 aliphatic carbocycles. The number of hydrogen-bond acceptors (Lipinski definition) is 5. The molecular formula is C21H24N6S. The molecule has 2 heterocycles. The molecule has 3 aromatic rings. The molecule has 2 aromatic heterocycles. The zero-order chi connectivity index (χ0) is 19.3. The van der Waals surface area contributed by atoms with Crippen LogP contribution in [0.3, 0.4) is 0 Å². The summed E-state index contributed by atoms with van der Waals surface area (Å²) in [6.45, 7) is 1.88. The van der Waals surface area contributed by atoms with Gasteiger partial charge in [0.25, 0.3) is 0 Å². The van der Waals surface area contributed by atoms with E-state index in [1.54, 1.807) is 0 Å². The van der Waals surface area contributed by atoms with Gasteiger partial charge in [-0.1, -0.05) is 55.6 Å². The minimum Gasteiger partial charge on any atom is -0.262 e. The second-order valence-corrected chi connectivity index (χ2v) is 8.25. The number of hydrogen-bond donors (Lipinski definition) is 1. The minimum absolute atomic E-state index is 0.596. The van der Waals surface area contributed by atoms with E-state index >= 15 is 0 Å². The molecule has 0 amide bonds. The van der Waals surface area contributed by atoms with Gasteiger partial charge >= 0.3 is 0 Å². The lowest BCUT2D eigenvalue weighted by Crippen LogP contribution is -2.02. The first kappa shape index (κ1) is 18.8. The number of para-hydroxylation sites is 1. The van der Waals surface area contributed by atoms with Crippen molar-refractivity contribution >= 4 is 11.8 Å². The number of H-pyrrole nitrogens is 1. The topological polar surface area (TPSA) is 83.2 Å². The summed E-state index contributed by atoms with van der Waals surface area (Å²) in [4.78, 5) is 4.63. The van der Waals surface area contributed by atoms with Gasteiger partial charge in [0.05, 0.1) is 22.6 Å². The zero-order valence-electron chi connectivity index (χ0n) is 16.1. The molecule has 6 nitrogen and oxygen atoms in total. The van der Waals surface area contributed by atoms with Crippen LogP contribution in [0.1, 0.15) is 54.9 Å².